The number of sulfonamides is 1. The zero-order valence-corrected chi connectivity index (χ0v) is 14.5. The van der Waals surface area contributed by atoms with Crippen molar-refractivity contribution in [2.45, 2.75) is 25.8 Å². The monoisotopic (exact) mass is 343 g/mol. The van der Waals surface area contributed by atoms with Gasteiger partial charge in [0.05, 0.1) is 11.8 Å². The Balaban J connectivity index is 1.88. The number of carbonyl (C=O) groups excluding carboxylic acids is 1. The first-order valence-corrected chi connectivity index (χ1v) is 9.57. The van der Waals surface area contributed by atoms with E-state index >= 15 is 0 Å². The molecule has 0 radical (unpaired) electrons. The fourth-order valence-electron chi connectivity index (χ4n) is 2.70. The molecule has 8 nitrogen and oxygen atoms in total. The highest BCUT2D eigenvalue weighted by molar-refractivity contribution is 7.89. The van der Waals surface area contributed by atoms with Gasteiger partial charge in [0, 0.05) is 32.9 Å². The molecule has 2 rings (SSSR count). The standard InChI is InChI=1S/C14H25N5O3S/c1-3-23(21,22)16-7-10-18-8-4-5-12(11-18)19-9-6-13(17-19)14(20)15-2/h6,9,12,16H,3-5,7-8,10-11H2,1-2H3,(H,15,20)/t12-/m0/s1. The van der Waals surface area contributed by atoms with Crippen LogP contribution in [0.3, 0.4) is 0 Å². The third kappa shape index (κ3) is 5.02. The molecule has 0 aromatic carbocycles. The Kier molecular flexibility index (Phi) is 6.14. The molecule has 1 fully saturated rings. The summed E-state index contributed by atoms with van der Waals surface area (Å²) >= 11 is 0. The zero-order valence-electron chi connectivity index (χ0n) is 13.7. The molecular weight excluding hydrogens is 318 g/mol. The predicted molar refractivity (Wildman–Crippen MR) is 87.8 cm³/mol. The predicted octanol–water partition coefficient (Wildman–Crippen LogP) is -0.181. The molecule has 1 aromatic rings. The number of hydrogen-bond acceptors (Lipinski definition) is 5. The van der Waals surface area contributed by atoms with E-state index in [-0.39, 0.29) is 17.7 Å². The Morgan fingerprint density at radius 3 is 2.96 bits per heavy atom. The second-order valence-electron chi connectivity index (χ2n) is 5.65. The van der Waals surface area contributed by atoms with E-state index in [1.54, 1.807) is 20.0 Å². The number of hydrogen-bond donors (Lipinski definition) is 2. The van der Waals surface area contributed by atoms with Crippen molar-refractivity contribution >= 4 is 15.9 Å². The lowest BCUT2D eigenvalue weighted by Crippen LogP contribution is -2.41. The van der Waals surface area contributed by atoms with E-state index < -0.39 is 10.0 Å². The highest BCUT2D eigenvalue weighted by atomic mass is 32.2. The summed E-state index contributed by atoms with van der Waals surface area (Å²) in [7, 11) is -1.55. The normalized spacial score (nSPS) is 19.7. The number of aromatic nitrogens is 2. The summed E-state index contributed by atoms with van der Waals surface area (Å²) in [6.45, 7) is 4.49. The van der Waals surface area contributed by atoms with Crippen LogP contribution in [-0.2, 0) is 10.0 Å². The molecule has 130 valence electrons. The summed E-state index contributed by atoms with van der Waals surface area (Å²) in [5.74, 6) is -0.0871. The van der Waals surface area contributed by atoms with Crippen molar-refractivity contribution in [3.05, 3.63) is 18.0 Å². The summed E-state index contributed by atoms with van der Waals surface area (Å²) in [4.78, 5) is 13.8. The van der Waals surface area contributed by atoms with E-state index in [4.69, 9.17) is 0 Å². The largest absolute Gasteiger partial charge is 0.354 e. The lowest BCUT2D eigenvalue weighted by Gasteiger charge is -2.32. The highest BCUT2D eigenvalue weighted by Gasteiger charge is 2.22. The Bertz CT molecular complexity index is 628. The lowest BCUT2D eigenvalue weighted by atomic mass is 10.1. The molecule has 2 N–H and O–H groups in total. The lowest BCUT2D eigenvalue weighted by molar-refractivity contribution is 0.0956. The van der Waals surface area contributed by atoms with Crippen LogP contribution in [0.25, 0.3) is 0 Å². The number of piperidine rings is 1. The van der Waals surface area contributed by atoms with Gasteiger partial charge in [-0.15, -0.1) is 0 Å². The molecule has 1 aromatic heterocycles. The second kappa shape index (κ2) is 7.89. The Hall–Kier alpha value is -1.45. The molecule has 1 aliphatic heterocycles. The summed E-state index contributed by atoms with van der Waals surface area (Å²) < 4.78 is 27.3. The molecule has 0 spiro atoms. The quantitative estimate of drug-likeness (QED) is 0.716. The second-order valence-corrected chi connectivity index (χ2v) is 7.75. The van der Waals surface area contributed by atoms with Crippen LogP contribution in [-0.4, -0.2) is 68.0 Å². The Morgan fingerprint density at radius 2 is 2.26 bits per heavy atom. The molecule has 0 saturated carbocycles. The Morgan fingerprint density at radius 1 is 1.48 bits per heavy atom. The first-order chi connectivity index (χ1) is 10.9. The van der Waals surface area contributed by atoms with Gasteiger partial charge in [-0.25, -0.2) is 13.1 Å². The molecular formula is C14H25N5O3S. The number of nitrogens with one attached hydrogen (secondary N) is 2. The highest BCUT2D eigenvalue weighted by Crippen LogP contribution is 2.20. The van der Waals surface area contributed by atoms with Crippen molar-refractivity contribution in [3.63, 3.8) is 0 Å². The average Bonchev–Trinajstić information content (AvgIpc) is 3.04. The van der Waals surface area contributed by atoms with E-state index in [9.17, 15) is 13.2 Å². The van der Waals surface area contributed by atoms with Crippen molar-refractivity contribution < 1.29 is 13.2 Å². The molecule has 1 amide bonds. The van der Waals surface area contributed by atoms with Gasteiger partial charge in [-0.05, 0) is 32.4 Å². The van der Waals surface area contributed by atoms with E-state index in [1.165, 1.54) is 0 Å². The summed E-state index contributed by atoms with van der Waals surface area (Å²) in [5, 5.41) is 6.90. The fraction of sp³-hybridized carbons (Fsp3) is 0.714. The SMILES string of the molecule is CCS(=O)(=O)NCCN1CCC[C@H](n2ccc(C(=O)NC)n2)C1. The van der Waals surface area contributed by atoms with Gasteiger partial charge < -0.3 is 5.32 Å². The first kappa shape index (κ1) is 17.9. The van der Waals surface area contributed by atoms with Gasteiger partial charge in [0.1, 0.15) is 5.69 Å². The minimum Gasteiger partial charge on any atom is -0.354 e. The molecule has 1 saturated heterocycles. The van der Waals surface area contributed by atoms with Gasteiger partial charge in [-0.1, -0.05) is 0 Å². The summed E-state index contributed by atoms with van der Waals surface area (Å²) in [5.41, 5.74) is 0.417. The van der Waals surface area contributed by atoms with Crippen LogP contribution in [0.15, 0.2) is 12.3 Å². The molecule has 1 aliphatic rings. The van der Waals surface area contributed by atoms with Gasteiger partial charge in [-0.3, -0.25) is 14.4 Å². The van der Waals surface area contributed by atoms with Crippen molar-refractivity contribution in [1.29, 1.82) is 0 Å². The van der Waals surface area contributed by atoms with E-state index in [0.29, 0.717) is 18.8 Å². The van der Waals surface area contributed by atoms with E-state index in [0.717, 1.165) is 25.9 Å². The van der Waals surface area contributed by atoms with Crippen LogP contribution in [0.1, 0.15) is 36.3 Å². The van der Waals surface area contributed by atoms with Gasteiger partial charge in [0.2, 0.25) is 10.0 Å². The summed E-state index contributed by atoms with van der Waals surface area (Å²) in [6, 6.07) is 1.93. The molecule has 0 aliphatic carbocycles. The van der Waals surface area contributed by atoms with Crippen molar-refractivity contribution in [3.8, 4) is 0 Å². The van der Waals surface area contributed by atoms with Crippen LogP contribution in [0, 0.1) is 0 Å². The minimum absolute atomic E-state index is 0.102. The van der Waals surface area contributed by atoms with Gasteiger partial charge >= 0.3 is 0 Å². The number of carbonyl (C=O) groups is 1. The van der Waals surface area contributed by atoms with Crippen molar-refractivity contribution in [1.82, 2.24) is 24.7 Å². The number of amides is 1. The maximum absolute atomic E-state index is 11.6. The van der Waals surface area contributed by atoms with Gasteiger partial charge in [0.25, 0.3) is 5.91 Å². The zero-order chi connectivity index (χ0) is 16.9. The van der Waals surface area contributed by atoms with Gasteiger partial charge in [0.15, 0.2) is 0 Å². The summed E-state index contributed by atoms with van der Waals surface area (Å²) in [6.07, 6.45) is 3.87. The van der Waals surface area contributed by atoms with Crippen LogP contribution in [0.2, 0.25) is 0 Å². The number of likely N-dealkylation sites (tertiary alicyclic amines) is 1. The van der Waals surface area contributed by atoms with Crippen LogP contribution in [0.4, 0.5) is 0 Å². The van der Waals surface area contributed by atoms with Crippen molar-refractivity contribution in [2.75, 3.05) is 39.0 Å². The average molecular weight is 343 g/mol. The van der Waals surface area contributed by atoms with Crippen LogP contribution in [0.5, 0.6) is 0 Å². The molecule has 2 heterocycles. The topological polar surface area (TPSA) is 96.3 Å². The minimum atomic E-state index is -3.13. The maximum Gasteiger partial charge on any atom is 0.271 e. The molecule has 1 atom stereocenters. The molecule has 9 heteroatoms. The van der Waals surface area contributed by atoms with Crippen LogP contribution < -0.4 is 10.0 Å². The Labute approximate surface area is 137 Å². The van der Waals surface area contributed by atoms with Gasteiger partial charge in [-0.2, -0.15) is 5.10 Å². The number of rotatable bonds is 7. The van der Waals surface area contributed by atoms with Crippen LogP contribution >= 0.6 is 0 Å². The van der Waals surface area contributed by atoms with E-state index in [1.807, 2.05) is 10.9 Å². The number of nitrogens with zero attached hydrogens (tertiary/aromatic N) is 3. The molecule has 0 bridgehead atoms. The smallest absolute Gasteiger partial charge is 0.271 e. The maximum atomic E-state index is 11.6. The third-order valence-corrected chi connectivity index (χ3v) is 5.46. The van der Waals surface area contributed by atoms with E-state index in [2.05, 4.69) is 20.0 Å². The third-order valence-electron chi connectivity index (χ3n) is 4.05. The first-order valence-electron chi connectivity index (χ1n) is 7.92. The molecule has 0 unspecified atom stereocenters. The van der Waals surface area contributed by atoms with Crippen molar-refractivity contribution in [2.24, 2.45) is 0 Å². The molecule has 23 heavy (non-hydrogen) atoms. The fourth-order valence-corrected chi connectivity index (χ4v) is 3.31.